The molecule has 0 aliphatic carbocycles. The van der Waals surface area contributed by atoms with Crippen molar-refractivity contribution in [3.63, 3.8) is 0 Å². The van der Waals surface area contributed by atoms with Crippen LogP contribution in [-0.2, 0) is 11.2 Å². The lowest BCUT2D eigenvalue weighted by Gasteiger charge is -2.22. The van der Waals surface area contributed by atoms with Crippen LogP contribution in [0, 0.1) is 0 Å². The van der Waals surface area contributed by atoms with Crippen molar-refractivity contribution in [3.8, 4) is 0 Å². The minimum absolute atomic E-state index is 0.669. The van der Waals surface area contributed by atoms with Gasteiger partial charge in [-0.2, -0.15) is 0 Å². The molecule has 0 atom stereocenters. The second kappa shape index (κ2) is 5.99. The number of rotatable bonds is 4. The Morgan fingerprint density at radius 2 is 2.20 bits per heavy atom. The number of ether oxygens (including phenoxy) is 1. The van der Waals surface area contributed by atoms with Gasteiger partial charge in [0.1, 0.15) is 0 Å². The average molecular weight is 290 g/mol. The molecule has 2 nitrogen and oxygen atoms in total. The summed E-state index contributed by atoms with van der Waals surface area (Å²) in [6.45, 7) is 2.92. The standard InChI is InChI=1S/C11H16BrNOS/c12-11-2-1-10(15-11)3-6-13-9-4-7-14-8-5-9/h1-2,9,13H,3-8H2. The molecule has 0 aromatic carbocycles. The highest BCUT2D eigenvalue weighted by atomic mass is 79.9. The molecule has 0 radical (unpaired) electrons. The largest absolute Gasteiger partial charge is 0.381 e. The fourth-order valence-corrected chi connectivity index (χ4v) is 3.27. The molecule has 4 heteroatoms. The van der Waals surface area contributed by atoms with Gasteiger partial charge < -0.3 is 10.1 Å². The molecule has 1 N–H and O–H groups in total. The van der Waals surface area contributed by atoms with Crippen LogP contribution in [0.15, 0.2) is 15.9 Å². The van der Waals surface area contributed by atoms with Gasteiger partial charge in [-0.3, -0.25) is 0 Å². The molecule has 1 aromatic heterocycles. The van der Waals surface area contributed by atoms with Crippen LogP contribution in [0.1, 0.15) is 17.7 Å². The SMILES string of the molecule is Brc1ccc(CCNC2CCOCC2)s1. The van der Waals surface area contributed by atoms with Gasteiger partial charge in [0.05, 0.1) is 3.79 Å². The summed E-state index contributed by atoms with van der Waals surface area (Å²) in [6, 6.07) is 4.98. The molecule has 1 aliphatic rings. The zero-order chi connectivity index (χ0) is 10.5. The first-order chi connectivity index (χ1) is 7.34. The highest BCUT2D eigenvalue weighted by Gasteiger charge is 2.12. The van der Waals surface area contributed by atoms with Crippen LogP contribution in [-0.4, -0.2) is 25.8 Å². The summed E-state index contributed by atoms with van der Waals surface area (Å²) >= 11 is 5.31. The maximum absolute atomic E-state index is 5.32. The molecule has 1 aromatic rings. The van der Waals surface area contributed by atoms with Gasteiger partial charge >= 0.3 is 0 Å². The van der Waals surface area contributed by atoms with E-state index in [4.69, 9.17) is 4.74 Å². The minimum Gasteiger partial charge on any atom is -0.381 e. The van der Waals surface area contributed by atoms with Gasteiger partial charge in [0.15, 0.2) is 0 Å². The van der Waals surface area contributed by atoms with Crippen molar-refractivity contribution in [1.82, 2.24) is 5.32 Å². The molecule has 0 spiro atoms. The van der Waals surface area contributed by atoms with E-state index in [1.807, 2.05) is 11.3 Å². The zero-order valence-electron chi connectivity index (χ0n) is 8.67. The molecule has 0 bridgehead atoms. The Labute approximate surface area is 103 Å². The molecule has 2 rings (SSSR count). The van der Waals surface area contributed by atoms with Gasteiger partial charge in [0.2, 0.25) is 0 Å². The van der Waals surface area contributed by atoms with Gasteiger partial charge in [-0.15, -0.1) is 11.3 Å². The number of hydrogen-bond acceptors (Lipinski definition) is 3. The Hall–Kier alpha value is 0.1000. The van der Waals surface area contributed by atoms with Gasteiger partial charge in [-0.1, -0.05) is 0 Å². The van der Waals surface area contributed by atoms with Crippen molar-refractivity contribution in [1.29, 1.82) is 0 Å². The van der Waals surface area contributed by atoms with Gasteiger partial charge in [0, 0.05) is 30.7 Å². The first kappa shape index (κ1) is 11.6. The maximum Gasteiger partial charge on any atom is 0.0701 e. The number of thiophene rings is 1. The molecular formula is C11H16BrNOS. The molecule has 0 saturated carbocycles. The second-order valence-corrected chi connectivity index (χ2v) is 6.34. The summed E-state index contributed by atoms with van der Waals surface area (Å²) in [7, 11) is 0. The summed E-state index contributed by atoms with van der Waals surface area (Å²) in [6.07, 6.45) is 3.45. The smallest absolute Gasteiger partial charge is 0.0701 e. The third-order valence-corrected chi connectivity index (χ3v) is 4.34. The number of hydrogen-bond donors (Lipinski definition) is 1. The summed E-state index contributed by atoms with van der Waals surface area (Å²) in [5.74, 6) is 0. The van der Waals surface area contributed by atoms with E-state index in [0.29, 0.717) is 6.04 Å². The molecule has 0 amide bonds. The topological polar surface area (TPSA) is 21.3 Å². The Morgan fingerprint density at radius 3 is 2.87 bits per heavy atom. The lowest BCUT2D eigenvalue weighted by molar-refractivity contribution is 0.0782. The van der Waals surface area contributed by atoms with Gasteiger partial charge in [-0.25, -0.2) is 0 Å². The van der Waals surface area contributed by atoms with E-state index in [1.54, 1.807) is 0 Å². The van der Waals surface area contributed by atoms with E-state index in [1.165, 1.54) is 8.66 Å². The van der Waals surface area contributed by atoms with Crippen molar-refractivity contribution in [3.05, 3.63) is 20.8 Å². The summed E-state index contributed by atoms with van der Waals surface area (Å²) < 4.78 is 6.55. The third-order valence-electron chi connectivity index (χ3n) is 2.65. The molecule has 1 fully saturated rings. The van der Waals surface area contributed by atoms with Crippen molar-refractivity contribution in [2.24, 2.45) is 0 Å². The van der Waals surface area contributed by atoms with Crippen LogP contribution in [0.25, 0.3) is 0 Å². The number of nitrogens with one attached hydrogen (secondary N) is 1. The Bertz CT molecular complexity index is 297. The fourth-order valence-electron chi connectivity index (χ4n) is 1.79. The fraction of sp³-hybridized carbons (Fsp3) is 0.636. The van der Waals surface area contributed by atoms with E-state index in [9.17, 15) is 0 Å². The third kappa shape index (κ3) is 3.87. The summed E-state index contributed by atoms with van der Waals surface area (Å²) in [5.41, 5.74) is 0. The lowest BCUT2D eigenvalue weighted by atomic mass is 10.1. The zero-order valence-corrected chi connectivity index (χ0v) is 11.1. The van der Waals surface area contributed by atoms with Crippen molar-refractivity contribution >= 4 is 27.3 Å². The molecule has 0 unspecified atom stereocenters. The maximum atomic E-state index is 5.32. The van der Waals surface area contributed by atoms with E-state index in [-0.39, 0.29) is 0 Å². The molecule has 1 saturated heterocycles. The van der Waals surface area contributed by atoms with Gasteiger partial charge in [-0.05, 0) is 47.3 Å². The predicted octanol–water partition coefficient (Wildman–Crippen LogP) is 2.82. The molecular weight excluding hydrogens is 274 g/mol. The average Bonchev–Trinajstić information content (AvgIpc) is 2.66. The predicted molar refractivity (Wildman–Crippen MR) is 67.6 cm³/mol. The van der Waals surface area contributed by atoms with Crippen molar-refractivity contribution in [2.45, 2.75) is 25.3 Å². The Kier molecular flexibility index (Phi) is 4.62. The summed E-state index contributed by atoms with van der Waals surface area (Å²) in [5, 5.41) is 3.59. The molecule has 15 heavy (non-hydrogen) atoms. The first-order valence-electron chi connectivity index (χ1n) is 5.40. The van der Waals surface area contributed by atoms with Crippen molar-refractivity contribution in [2.75, 3.05) is 19.8 Å². The summed E-state index contributed by atoms with van der Waals surface area (Å²) in [4.78, 5) is 1.45. The van der Waals surface area contributed by atoms with Gasteiger partial charge in [0.25, 0.3) is 0 Å². The monoisotopic (exact) mass is 289 g/mol. The van der Waals surface area contributed by atoms with Crippen LogP contribution in [0.5, 0.6) is 0 Å². The van der Waals surface area contributed by atoms with E-state index in [2.05, 4.69) is 33.4 Å². The van der Waals surface area contributed by atoms with E-state index < -0.39 is 0 Å². The molecule has 2 heterocycles. The Balaban J connectivity index is 1.65. The molecule has 84 valence electrons. The van der Waals surface area contributed by atoms with E-state index in [0.717, 1.165) is 39.0 Å². The highest BCUT2D eigenvalue weighted by Crippen LogP contribution is 2.22. The second-order valence-electron chi connectivity index (χ2n) is 3.80. The normalized spacial score (nSPS) is 18.2. The van der Waals surface area contributed by atoms with Crippen LogP contribution < -0.4 is 5.32 Å². The minimum atomic E-state index is 0.669. The van der Waals surface area contributed by atoms with Crippen LogP contribution in [0.4, 0.5) is 0 Å². The van der Waals surface area contributed by atoms with Crippen LogP contribution >= 0.6 is 27.3 Å². The first-order valence-corrected chi connectivity index (χ1v) is 7.01. The lowest BCUT2D eigenvalue weighted by Crippen LogP contribution is -2.35. The van der Waals surface area contributed by atoms with Crippen LogP contribution in [0.3, 0.4) is 0 Å². The van der Waals surface area contributed by atoms with Crippen LogP contribution in [0.2, 0.25) is 0 Å². The highest BCUT2D eigenvalue weighted by molar-refractivity contribution is 9.11. The molecule has 1 aliphatic heterocycles. The quantitative estimate of drug-likeness (QED) is 0.920. The Morgan fingerprint density at radius 1 is 1.40 bits per heavy atom. The van der Waals surface area contributed by atoms with E-state index >= 15 is 0 Å². The number of halogens is 1. The van der Waals surface area contributed by atoms with Crippen molar-refractivity contribution < 1.29 is 4.74 Å².